The number of hydrogen-bond donors (Lipinski definition) is 2. The molecule has 0 aliphatic heterocycles. The zero-order valence-electron chi connectivity index (χ0n) is 15.2. The number of carbonyl (C=O) groups excluding carboxylic acids is 1. The molecule has 5 nitrogen and oxygen atoms in total. The lowest BCUT2D eigenvalue weighted by Gasteiger charge is -2.08. The lowest BCUT2D eigenvalue weighted by Crippen LogP contribution is -2.08. The van der Waals surface area contributed by atoms with Crippen molar-refractivity contribution in [3.05, 3.63) is 78.1 Å². The first-order valence-corrected chi connectivity index (χ1v) is 9.77. The molecule has 27 heavy (non-hydrogen) atoms. The van der Waals surface area contributed by atoms with E-state index in [9.17, 15) is 4.79 Å². The third-order valence-corrected chi connectivity index (χ3v) is 4.81. The van der Waals surface area contributed by atoms with Crippen LogP contribution in [0.3, 0.4) is 0 Å². The van der Waals surface area contributed by atoms with Crippen LogP contribution in [0.4, 0.5) is 11.5 Å². The quantitative estimate of drug-likeness (QED) is 0.569. The second-order valence-electron chi connectivity index (χ2n) is 6.07. The molecule has 3 aromatic rings. The van der Waals surface area contributed by atoms with Crippen LogP contribution in [-0.4, -0.2) is 22.4 Å². The molecule has 1 aromatic heterocycles. The zero-order chi connectivity index (χ0) is 18.9. The zero-order valence-corrected chi connectivity index (χ0v) is 16.0. The number of carbonyl (C=O) groups is 1. The van der Waals surface area contributed by atoms with Crippen molar-refractivity contribution in [1.82, 2.24) is 9.97 Å². The van der Waals surface area contributed by atoms with E-state index in [1.807, 2.05) is 42.5 Å². The van der Waals surface area contributed by atoms with Crippen LogP contribution in [0.2, 0.25) is 0 Å². The van der Waals surface area contributed by atoms with Crippen molar-refractivity contribution in [2.24, 2.45) is 0 Å². The molecule has 0 saturated heterocycles. The van der Waals surface area contributed by atoms with Gasteiger partial charge in [0, 0.05) is 24.9 Å². The molecule has 0 bridgehead atoms. The van der Waals surface area contributed by atoms with Crippen LogP contribution >= 0.6 is 11.8 Å². The Morgan fingerprint density at radius 3 is 2.52 bits per heavy atom. The van der Waals surface area contributed by atoms with Gasteiger partial charge in [0.15, 0.2) is 0 Å². The van der Waals surface area contributed by atoms with Crippen molar-refractivity contribution in [2.45, 2.75) is 24.1 Å². The fourth-order valence-electron chi connectivity index (χ4n) is 2.53. The Balaban J connectivity index is 1.47. The molecule has 2 N–H and O–H groups in total. The summed E-state index contributed by atoms with van der Waals surface area (Å²) in [4.78, 5) is 19.9. The first-order valence-electron chi connectivity index (χ1n) is 8.78. The largest absolute Gasteiger partial charge is 0.368 e. The Bertz CT molecular complexity index is 869. The molecule has 0 aliphatic rings. The van der Waals surface area contributed by atoms with Crippen molar-refractivity contribution >= 4 is 29.2 Å². The molecule has 0 aliphatic carbocycles. The Morgan fingerprint density at radius 2 is 1.78 bits per heavy atom. The maximum Gasteiger partial charge on any atom is 0.221 e. The van der Waals surface area contributed by atoms with Gasteiger partial charge in [-0.1, -0.05) is 42.5 Å². The van der Waals surface area contributed by atoms with Crippen LogP contribution in [0.25, 0.3) is 0 Å². The molecule has 0 saturated carbocycles. The second-order valence-corrected chi connectivity index (χ2v) is 7.07. The molecule has 0 fully saturated rings. The lowest BCUT2D eigenvalue weighted by molar-refractivity contribution is -0.114. The smallest absolute Gasteiger partial charge is 0.221 e. The van der Waals surface area contributed by atoms with Crippen molar-refractivity contribution in [3.63, 3.8) is 0 Å². The number of nitrogens with one attached hydrogen (secondary N) is 2. The molecule has 1 heterocycles. The number of aromatic nitrogens is 2. The van der Waals surface area contributed by atoms with Crippen LogP contribution in [0, 0.1) is 0 Å². The van der Waals surface area contributed by atoms with Crippen LogP contribution in [0.1, 0.15) is 18.1 Å². The number of thioether (sulfide) groups is 1. The van der Waals surface area contributed by atoms with Gasteiger partial charge in [0.1, 0.15) is 10.8 Å². The Kier molecular flexibility index (Phi) is 6.82. The van der Waals surface area contributed by atoms with Crippen LogP contribution < -0.4 is 10.6 Å². The fourth-order valence-corrected chi connectivity index (χ4v) is 3.33. The summed E-state index contributed by atoms with van der Waals surface area (Å²) in [5.74, 6) is 1.59. The second kappa shape index (κ2) is 9.73. The molecular formula is C21H22N4OS. The SMILES string of the molecule is CC(=O)Nc1ccc(CCNc2cncc(SCc3ccccc3)n2)cc1. The van der Waals surface area contributed by atoms with Crippen molar-refractivity contribution < 1.29 is 4.79 Å². The van der Waals surface area contributed by atoms with Gasteiger partial charge < -0.3 is 10.6 Å². The summed E-state index contributed by atoms with van der Waals surface area (Å²) in [5, 5.41) is 7.00. The molecule has 0 atom stereocenters. The molecule has 2 aromatic carbocycles. The third kappa shape index (κ3) is 6.42. The first kappa shape index (κ1) is 18.9. The molecule has 0 radical (unpaired) electrons. The molecule has 3 rings (SSSR count). The highest BCUT2D eigenvalue weighted by atomic mass is 32.2. The molecule has 138 valence electrons. The molecule has 0 spiro atoms. The van der Waals surface area contributed by atoms with E-state index in [4.69, 9.17) is 0 Å². The number of benzene rings is 2. The summed E-state index contributed by atoms with van der Waals surface area (Å²) < 4.78 is 0. The van der Waals surface area contributed by atoms with Gasteiger partial charge in [0.05, 0.1) is 12.4 Å². The van der Waals surface area contributed by atoms with E-state index in [-0.39, 0.29) is 5.91 Å². The number of nitrogens with zero attached hydrogens (tertiary/aromatic N) is 2. The standard InChI is InChI=1S/C21H22N4OS/c1-16(26)24-19-9-7-17(8-10-19)11-12-23-20-13-22-14-21(25-20)27-15-18-5-3-2-4-6-18/h2-10,13-14H,11-12,15H2,1H3,(H,23,25)(H,24,26). The monoisotopic (exact) mass is 378 g/mol. The van der Waals surface area contributed by atoms with Gasteiger partial charge in [-0.3, -0.25) is 9.78 Å². The van der Waals surface area contributed by atoms with Gasteiger partial charge in [0.2, 0.25) is 5.91 Å². The predicted molar refractivity (Wildman–Crippen MR) is 111 cm³/mol. The average molecular weight is 379 g/mol. The minimum Gasteiger partial charge on any atom is -0.368 e. The Morgan fingerprint density at radius 1 is 1.00 bits per heavy atom. The van der Waals surface area contributed by atoms with E-state index in [1.165, 1.54) is 18.1 Å². The van der Waals surface area contributed by atoms with Gasteiger partial charge in [-0.05, 0) is 29.7 Å². The minimum atomic E-state index is -0.0620. The van der Waals surface area contributed by atoms with Gasteiger partial charge in [-0.25, -0.2) is 4.98 Å². The summed E-state index contributed by atoms with van der Waals surface area (Å²) in [6.07, 6.45) is 4.40. The third-order valence-electron chi connectivity index (χ3n) is 3.84. The normalized spacial score (nSPS) is 10.4. The summed E-state index contributed by atoms with van der Waals surface area (Å²) >= 11 is 1.68. The van der Waals surface area contributed by atoms with Crippen LogP contribution in [-0.2, 0) is 17.0 Å². The molecule has 6 heteroatoms. The van der Waals surface area contributed by atoms with Crippen molar-refractivity contribution in [1.29, 1.82) is 0 Å². The summed E-state index contributed by atoms with van der Waals surface area (Å²) in [7, 11) is 0. The van der Waals surface area contributed by atoms with E-state index >= 15 is 0 Å². The highest BCUT2D eigenvalue weighted by Crippen LogP contribution is 2.21. The van der Waals surface area contributed by atoms with Crippen molar-refractivity contribution in [2.75, 3.05) is 17.2 Å². The molecule has 1 amide bonds. The van der Waals surface area contributed by atoms with E-state index in [0.29, 0.717) is 0 Å². The number of anilines is 2. The number of hydrogen-bond acceptors (Lipinski definition) is 5. The predicted octanol–water partition coefficient (Wildman–Crippen LogP) is 4.38. The number of amides is 1. The Hall–Kier alpha value is -2.86. The van der Waals surface area contributed by atoms with E-state index in [0.717, 1.165) is 35.2 Å². The highest BCUT2D eigenvalue weighted by molar-refractivity contribution is 7.98. The van der Waals surface area contributed by atoms with E-state index < -0.39 is 0 Å². The van der Waals surface area contributed by atoms with Gasteiger partial charge in [-0.2, -0.15) is 0 Å². The highest BCUT2D eigenvalue weighted by Gasteiger charge is 2.02. The summed E-state index contributed by atoms with van der Waals surface area (Å²) in [5.41, 5.74) is 3.28. The molecule has 0 unspecified atom stereocenters. The maximum absolute atomic E-state index is 11.0. The summed E-state index contributed by atoms with van der Waals surface area (Å²) in [6.45, 7) is 2.27. The number of rotatable bonds is 8. The van der Waals surface area contributed by atoms with Gasteiger partial charge in [0.25, 0.3) is 0 Å². The molecular weight excluding hydrogens is 356 g/mol. The lowest BCUT2D eigenvalue weighted by atomic mass is 10.1. The Labute approximate surface area is 163 Å². The van der Waals surface area contributed by atoms with Gasteiger partial charge >= 0.3 is 0 Å². The summed E-state index contributed by atoms with van der Waals surface area (Å²) in [6, 6.07) is 18.2. The minimum absolute atomic E-state index is 0.0620. The maximum atomic E-state index is 11.0. The van der Waals surface area contributed by atoms with Crippen LogP contribution in [0.5, 0.6) is 0 Å². The van der Waals surface area contributed by atoms with Crippen LogP contribution in [0.15, 0.2) is 72.0 Å². The fraction of sp³-hybridized carbons (Fsp3) is 0.190. The van der Waals surface area contributed by atoms with E-state index in [2.05, 4.69) is 32.7 Å². The first-order chi connectivity index (χ1) is 13.2. The average Bonchev–Trinajstić information content (AvgIpc) is 2.69. The van der Waals surface area contributed by atoms with E-state index in [1.54, 1.807) is 24.2 Å². The van der Waals surface area contributed by atoms with Gasteiger partial charge in [-0.15, -0.1) is 11.8 Å². The van der Waals surface area contributed by atoms with Crippen molar-refractivity contribution in [3.8, 4) is 0 Å². The topological polar surface area (TPSA) is 66.9 Å².